The Morgan fingerprint density at radius 2 is 2.14 bits per heavy atom. The molecule has 0 bridgehead atoms. The molecule has 0 fully saturated rings. The second-order valence-corrected chi connectivity index (χ2v) is 5.57. The van der Waals surface area contributed by atoms with Crippen LogP contribution in [0.15, 0.2) is 24.5 Å². The number of H-pyrrole nitrogens is 1. The second kappa shape index (κ2) is 7.12. The van der Waals surface area contributed by atoms with E-state index in [2.05, 4.69) is 34.3 Å². The number of amides is 1. The van der Waals surface area contributed by atoms with Gasteiger partial charge < -0.3 is 5.32 Å². The molecule has 0 aliphatic heterocycles. The van der Waals surface area contributed by atoms with Crippen molar-refractivity contribution in [1.29, 1.82) is 0 Å². The third-order valence-electron chi connectivity index (χ3n) is 2.97. The van der Waals surface area contributed by atoms with E-state index in [0.29, 0.717) is 30.2 Å². The Hall–Kier alpha value is -2.02. The first-order chi connectivity index (χ1) is 10.1. The Bertz CT molecular complexity index is 647. The zero-order valence-electron chi connectivity index (χ0n) is 12.2. The van der Waals surface area contributed by atoms with Gasteiger partial charge in [-0.05, 0) is 30.3 Å². The number of aromatic nitrogens is 4. The van der Waals surface area contributed by atoms with Crippen LogP contribution in [0, 0.1) is 10.7 Å². The van der Waals surface area contributed by atoms with Crippen molar-refractivity contribution in [2.45, 2.75) is 26.8 Å². The fourth-order valence-corrected chi connectivity index (χ4v) is 2.09. The molecule has 0 aliphatic carbocycles. The number of carbonyl (C=O) groups is 1. The Morgan fingerprint density at radius 1 is 1.43 bits per heavy atom. The maximum atomic E-state index is 11.8. The molecular weight excluding hydrogens is 286 g/mol. The fourth-order valence-electron chi connectivity index (χ4n) is 1.87. The maximum absolute atomic E-state index is 11.8. The Balaban J connectivity index is 2.06. The van der Waals surface area contributed by atoms with E-state index in [1.165, 1.54) is 0 Å². The number of aromatic amines is 1. The lowest BCUT2D eigenvalue weighted by Crippen LogP contribution is -2.28. The zero-order valence-corrected chi connectivity index (χ0v) is 13.0. The molecule has 0 aromatic carbocycles. The van der Waals surface area contributed by atoms with Crippen molar-refractivity contribution >= 4 is 18.1 Å². The van der Waals surface area contributed by atoms with Gasteiger partial charge in [-0.25, -0.2) is 0 Å². The van der Waals surface area contributed by atoms with E-state index in [-0.39, 0.29) is 5.91 Å². The summed E-state index contributed by atoms with van der Waals surface area (Å²) >= 11 is 5.23. The van der Waals surface area contributed by atoms with E-state index in [9.17, 15) is 4.79 Å². The quantitative estimate of drug-likeness (QED) is 0.802. The summed E-state index contributed by atoms with van der Waals surface area (Å²) in [5, 5.41) is 9.89. The molecule has 0 spiro atoms. The molecule has 0 aliphatic rings. The monoisotopic (exact) mass is 305 g/mol. The van der Waals surface area contributed by atoms with Gasteiger partial charge in [-0.3, -0.25) is 19.4 Å². The molecular formula is C14H19N5OS. The predicted molar refractivity (Wildman–Crippen MR) is 83.1 cm³/mol. The van der Waals surface area contributed by atoms with E-state index in [1.54, 1.807) is 12.4 Å². The van der Waals surface area contributed by atoms with Crippen LogP contribution < -0.4 is 5.32 Å². The van der Waals surface area contributed by atoms with Gasteiger partial charge in [-0.2, -0.15) is 5.10 Å². The minimum atomic E-state index is 0.0208. The number of rotatable bonds is 6. The molecule has 0 atom stereocenters. The Kier molecular flexibility index (Phi) is 5.21. The van der Waals surface area contributed by atoms with Gasteiger partial charge in [0.05, 0.1) is 0 Å². The van der Waals surface area contributed by atoms with E-state index < -0.39 is 0 Å². The normalized spacial score (nSPS) is 10.8. The summed E-state index contributed by atoms with van der Waals surface area (Å²) in [5.41, 5.74) is 0.917. The van der Waals surface area contributed by atoms with Crippen molar-refractivity contribution in [1.82, 2.24) is 25.1 Å². The van der Waals surface area contributed by atoms with Crippen LogP contribution in [0.4, 0.5) is 0 Å². The second-order valence-electron chi connectivity index (χ2n) is 5.19. The number of pyridine rings is 1. The lowest BCUT2D eigenvalue weighted by atomic mass is 10.2. The molecule has 1 amide bonds. The van der Waals surface area contributed by atoms with Crippen molar-refractivity contribution in [2.24, 2.45) is 5.92 Å². The summed E-state index contributed by atoms with van der Waals surface area (Å²) in [6.07, 6.45) is 3.78. The third kappa shape index (κ3) is 4.22. The van der Waals surface area contributed by atoms with E-state index in [4.69, 9.17) is 12.2 Å². The van der Waals surface area contributed by atoms with Gasteiger partial charge in [0.25, 0.3) is 0 Å². The highest BCUT2D eigenvalue weighted by atomic mass is 32.1. The molecule has 6 nitrogen and oxygen atoms in total. The first-order valence-corrected chi connectivity index (χ1v) is 7.31. The lowest BCUT2D eigenvalue weighted by Gasteiger charge is -2.09. The topological polar surface area (TPSA) is 75.6 Å². The molecule has 0 radical (unpaired) electrons. The number of carbonyl (C=O) groups excluding carboxylic acids is 1. The first-order valence-electron chi connectivity index (χ1n) is 6.90. The predicted octanol–water partition coefficient (Wildman–Crippen LogP) is 2.16. The lowest BCUT2D eigenvalue weighted by molar-refractivity contribution is -0.121. The summed E-state index contributed by atoms with van der Waals surface area (Å²) in [6.45, 7) is 5.31. The van der Waals surface area contributed by atoms with Gasteiger partial charge in [-0.15, -0.1) is 0 Å². The average Bonchev–Trinajstić information content (AvgIpc) is 2.85. The highest BCUT2D eigenvalue weighted by Gasteiger charge is 2.10. The summed E-state index contributed by atoms with van der Waals surface area (Å²) in [4.78, 5) is 15.8. The number of hydrogen-bond donors (Lipinski definition) is 2. The smallest absolute Gasteiger partial charge is 0.221 e. The SMILES string of the molecule is CC(C)CNC(=O)CCn1c(-c2ccncc2)n[nH]c1=S. The van der Waals surface area contributed by atoms with Crippen molar-refractivity contribution in [3.63, 3.8) is 0 Å². The molecule has 2 heterocycles. The zero-order chi connectivity index (χ0) is 15.2. The van der Waals surface area contributed by atoms with E-state index >= 15 is 0 Å². The molecule has 0 saturated heterocycles. The molecule has 0 saturated carbocycles. The Morgan fingerprint density at radius 3 is 2.81 bits per heavy atom. The van der Waals surface area contributed by atoms with Crippen molar-refractivity contribution in [3.8, 4) is 11.4 Å². The molecule has 112 valence electrons. The van der Waals surface area contributed by atoms with Gasteiger partial charge >= 0.3 is 0 Å². The molecule has 0 unspecified atom stereocenters. The van der Waals surface area contributed by atoms with Crippen molar-refractivity contribution in [2.75, 3.05) is 6.54 Å². The Labute approximate surface area is 128 Å². The third-order valence-corrected chi connectivity index (χ3v) is 3.28. The number of nitrogens with zero attached hydrogens (tertiary/aromatic N) is 3. The summed E-state index contributed by atoms with van der Waals surface area (Å²) in [7, 11) is 0. The highest BCUT2D eigenvalue weighted by Crippen LogP contribution is 2.16. The highest BCUT2D eigenvalue weighted by molar-refractivity contribution is 7.71. The van der Waals surface area contributed by atoms with Crippen LogP contribution in [0.5, 0.6) is 0 Å². The van der Waals surface area contributed by atoms with Gasteiger partial charge in [-0.1, -0.05) is 13.8 Å². The molecule has 7 heteroatoms. The van der Waals surface area contributed by atoms with Crippen LogP contribution >= 0.6 is 12.2 Å². The van der Waals surface area contributed by atoms with Gasteiger partial charge in [0.1, 0.15) is 0 Å². The fraction of sp³-hybridized carbons (Fsp3) is 0.429. The van der Waals surface area contributed by atoms with Crippen molar-refractivity contribution in [3.05, 3.63) is 29.3 Å². The van der Waals surface area contributed by atoms with Crippen LogP contribution in [0.3, 0.4) is 0 Å². The number of nitrogens with one attached hydrogen (secondary N) is 2. The van der Waals surface area contributed by atoms with Gasteiger partial charge in [0, 0.05) is 37.5 Å². The minimum Gasteiger partial charge on any atom is -0.356 e. The number of hydrogen-bond acceptors (Lipinski definition) is 4. The molecule has 2 N–H and O–H groups in total. The van der Waals surface area contributed by atoms with Gasteiger partial charge in [0.2, 0.25) is 5.91 Å². The van der Waals surface area contributed by atoms with E-state index in [0.717, 1.165) is 11.4 Å². The van der Waals surface area contributed by atoms with Crippen LogP contribution in [0.25, 0.3) is 11.4 Å². The standard InChI is InChI=1S/C14H19N5OS/c1-10(2)9-16-12(20)5-8-19-13(17-18-14(19)21)11-3-6-15-7-4-11/h3-4,6-7,10H,5,8-9H2,1-2H3,(H,16,20)(H,18,21). The first kappa shape index (κ1) is 15.4. The van der Waals surface area contributed by atoms with Gasteiger partial charge in [0.15, 0.2) is 10.6 Å². The molecule has 2 aromatic heterocycles. The average molecular weight is 305 g/mol. The molecule has 21 heavy (non-hydrogen) atoms. The summed E-state index contributed by atoms with van der Waals surface area (Å²) in [5.74, 6) is 1.18. The molecule has 2 aromatic rings. The van der Waals surface area contributed by atoms with E-state index in [1.807, 2.05) is 16.7 Å². The summed E-state index contributed by atoms with van der Waals surface area (Å²) < 4.78 is 2.35. The maximum Gasteiger partial charge on any atom is 0.221 e. The summed E-state index contributed by atoms with van der Waals surface area (Å²) in [6, 6.07) is 3.72. The van der Waals surface area contributed by atoms with Crippen LogP contribution in [0.2, 0.25) is 0 Å². The van der Waals surface area contributed by atoms with Crippen molar-refractivity contribution < 1.29 is 4.79 Å². The largest absolute Gasteiger partial charge is 0.356 e. The van der Waals surface area contributed by atoms with Crippen LogP contribution in [-0.2, 0) is 11.3 Å². The minimum absolute atomic E-state index is 0.0208. The van der Waals surface area contributed by atoms with Crippen LogP contribution in [0.1, 0.15) is 20.3 Å². The van der Waals surface area contributed by atoms with Crippen LogP contribution in [-0.4, -0.2) is 32.2 Å². The molecule has 2 rings (SSSR count).